The molecule has 1 unspecified atom stereocenters. The first-order valence-corrected chi connectivity index (χ1v) is 9.59. The lowest BCUT2D eigenvalue weighted by Gasteiger charge is -2.15. The lowest BCUT2D eigenvalue weighted by atomic mass is 10.1. The van der Waals surface area contributed by atoms with Crippen molar-refractivity contribution in [2.45, 2.75) is 31.5 Å². The minimum atomic E-state index is -4.41. The van der Waals surface area contributed by atoms with Crippen LogP contribution in [0.4, 0.5) is 13.2 Å². The number of fused-ring (bicyclic) bond motifs is 1. The molecule has 1 saturated carbocycles. The number of pyridine rings is 1. The summed E-state index contributed by atoms with van der Waals surface area (Å²) < 4.78 is 43.0. The standard InChI is InChI=1S/C21H21F3N4O2/c1-12(14-5-6-19(25-9-14)30-11-21(22,23)24)27-20(29)17-8-16(17)13-3-4-15-10-26-28(2)18(15)7-13/h3-7,9-10,12,16-17H,8,11H2,1-2H3,(H,27,29)/t12?,16-,17+/m0/s1. The number of benzene rings is 1. The summed E-state index contributed by atoms with van der Waals surface area (Å²) in [7, 11) is 1.89. The second-order valence-electron chi connectivity index (χ2n) is 7.60. The molecule has 1 aromatic carbocycles. The van der Waals surface area contributed by atoms with Gasteiger partial charge in [-0.1, -0.05) is 18.2 Å². The molecule has 3 aromatic rings. The van der Waals surface area contributed by atoms with Crippen LogP contribution in [0, 0.1) is 5.92 Å². The summed E-state index contributed by atoms with van der Waals surface area (Å²) in [5, 5.41) is 8.26. The van der Waals surface area contributed by atoms with Crippen LogP contribution >= 0.6 is 0 Å². The Morgan fingerprint density at radius 1 is 1.30 bits per heavy atom. The Labute approximate surface area is 171 Å². The second kappa shape index (κ2) is 7.62. The molecule has 2 aromatic heterocycles. The maximum Gasteiger partial charge on any atom is 0.422 e. The molecule has 6 nitrogen and oxygen atoms in total. The van der Waals surface area contributed by atoms with E-state index in [0.717, 1.165) is 22.9 Å². The maximum absolute atomic E-state index is 12.6. The first-order valence-electron chi connectivity index (χ1n) is 9.59. The third-order valence-corrected chi connectivity index (χ3v) is 5.33. The normalized spacial score (nSPS) is 19.5. The highest BCUT2D eigenvalue weighted by Gasteiger charge is 2.44. The Hall–Kier alpha value is -3.10. The van der Waals surface area contributed by atoms with Gasteiger partial charge in [0.25, 0.3) is 0 Å². The van der Waals surface area contributed by atoms with Crippen LogP contribution in [0.3, 0.4) is 0 Å². The van der Waals surface area contributed by atoms with Crippen LogP contribution in [0.1, 0.15) is 36.4 Å². The van der Waals surface area contributed by atoms with Crippen LogP contribution in [-0.4, -0.2) is 33.5 Å². The molecule has 1 aliphatic rings. The average molecular weight is 418 g/mol. The number of carbonyl (C=O) groups excluding carboxylic acids is 1. The van der Waals surface area contributed by atoms with Gasteiger partial charge in [-0.25, -0.2) is 4.98 Å². The molecule has 9 heteroatoms. The molecule has 4 rings (SSSR count). The summed E-state index contributed by atoms with van der Waals surface area (Å²) in [6.07, 6.45) is -0.406. The molecule has 2 heterocycles. The minimum absolute atomic E-state index is 0.0463. The second-order valence-corrected chi connectivity index (χ2v) is 7.60. The van der Waals surface area contributed by atoms with Crippen LogP contribution in [0.25, 0.3) is 10.9 Å². The van der Waals surface area contributed by atoms with Crippen molar-refractivity contribution in [3.8, 4) is 5.88 Å². The summed E-state index contributed by atoms with van der Waals surface area (Å²) in [4.78, 5) is 16.5. The van der Waals surface area contributed by atoms with E-state index in [9.17, 15) is 18.0 Å². The van der Waals surface area contributed by atoms with Gasteiger partial charge in [0.05, 0.1) is 17.8 Å². The Morgan fingerprint density at radius 2 is 2.10 bits per heavy atom. The zero-order chi connectivity index (χ0) is 21.5. The molecular formula is C21H21F3N4O2. The lowest BCUT2D eigenvalue weighted by molar-refractivity contribution is -0.154. The highest BCUT2D eigenvalue weighted by Crippen LogP contribution is 2.48. The molecule has 1 amide bonds. The smallest absolute Gasteiger partial charge is 0.422 e. The first kappa shape index (κ1) is 20.2. The van der Waals surface area contributed by atoms with Crippen molar-refractivity contribution in [1.82, 2.24) is 20.1 Å². The predicted molar refractivity (Wildman–Crippen MR) is 104 cm³/mol. The van der Waals surface area contributed by atoms with Gasteiger partial charge in [-0.3, -0.25) is 9.48 Å². The Morgan fingerprint density at radius 3 is 2.80 bits per heavy atom. The van der Waals surface area contributed by atoms with Gasteiger partial charge in [-0.05, 0) is 36.5 Å². The van der Waals surface area contributed by atoms with Gasteiger partial charge in [0.2, 0.25) is 11.8 Å². The topological polar surface area (TPSA) is 69.0 Å². The van der Waals surface area contributed by atoms with Crippen LogP contribution in [0.2, 0.25) is 0 Å². The predicted octanol–water partition coefficient (Wildman–Crippen LogP) is 3.89. The van der Waals surface area contributed by atoms with Crippen molar-refractivity contribution >= 4 is 16.8 Å². The van der Waals surface area contributed by atoms with Crippen molar-refractivity contribution in [2.75, 3.05) is 6.61 Å². The first-order chi connectivity index (χ1) is 14.2. The number of nitrogens with zero attached hydrogens (tertiary/aromatic N) is 3. The van der Waals surface area contributed by atoms with Gasteiger partial charge in [0.15, 0.2) is 6.61 Å². The minimum Gasteiger partial charge on any atom is -0.468 e. The van der Waals surface area contributed by atoms with Gasteiger partial charge in [-0.2, -0.15) is 18.3 Å². The van der Waals surface area contributed by atoms with Crippen LogP contribution in [0.5, 0.6) is 5.88 Å². The molecule has 0 spiro atoms. The molecule has 0 aliphatic heterocycles. The van der Waals surface area contributed by atoms with E-state index in [1.165, 1.54) is 12.3 Å². The summed E-state index contributed by atoms with van der Waals surface area (Å²) in [5.74, 6) is -0.0781. The molecule has 1 N–H and O–H groups in total. The fraction of sp³-hybridized carbons (Fsp3) is 0.381. The van der Waals surface area contributed by atoms with Gasteiger partial charge in [0.1, 0.15) is 0 Å². The zero-order valence-corrected chi connectivity index (χ0v) is 16.5. The Bertz CT molecular complexity index is 1060. The fourth-order valence-electron chi connectivity index (χ4n) is 3.54. The number of aromatic nitrogens is 3. The Kier molecular flexibility index (Phi) is 5.13. The number of halogens is 3. The third kappa shape index (κ3) is 4.39. The molecule has 158 valence electrons. The molecular weight excluding hydrogens is 397 g/mol. The summed E-state index contributed by atoms with van der Waals surface area (Å²) in [5.41, 5.74) is 2.84. The van der Waals surface area contributed by atoms with Crippen molar-refractivity contribution in [1.29, 1.82) is 0 Å². The van der Waals surface area contributed by atoms with E-state index >= 15 is 0 Å². The Balaban J connectivity index is 1.34. The highest BCUT2D eigenvalue weighted by molar-refractivity contribution is 5.84. The number of aryl methyl sites for hydroxylation is 1. The molecule has 3 atom stereocenters. The van der Waals surface area contributed by atoms with Crippen LogP contribution in [0.15, 0.2) is 42.7 Å². The number of carbonyl (C=O) groups is 1. The van der Waals surface area contributed by atoms with Crippen LogP contribution in [-0.2, 0) is 11.8 Å². The van der Waals surface area contributed by atoms with Crippen LogP contribution < -0.4 is 10.1 Å². The molecule has 0 saturated heterocycles. The van der Waals surface area contributed by atoms with Crippen molar-refractivity contribution in [2.24, 2.45) is 13.0 Å². The zero-order valence-electron chi connectivity index (χ0n) is 16.5. The van der Waals surface area contributed by atoms with Gasteiger partial charge < -0.3 is 10.1 Å². The number of nitrogens with one attached hydrogen (secondary N) is 1. The number of hydrogen-bond acceptors (Lipinski definition) is 4. The average Bonchev–Trinajstić information content (AvgIpc) is 3.43. The number of ether oxygens (including phenoxy) is 1. The maximum atomic E-state index is 12.6. The fourth-order valence-corrected chi connectivity index (χ4v) is 3.54. The number of alkyl halides is 3. The third-order valence-electron chi connectivity index (χ3n) is 5.33. The van der Waals surface area contributed by atoms with Gasteiger partial charge in [-0.15, -0.1) is 0 Å². The van der Waals surface area contributed by atoms with E-state index in [1.54, 1.807) is 6.07 Å². The van der Waals surface area contributed by atoms with E-state index in [0.29, 0.717) is 5.56 Å². The highest BCUT2D eigenvalue weighted by atomic mass is 19.4. The quantitative estimate of drug-likeness (QED) is 0.660. The largest absolute Gasteiger partial charge is 0.468 e. The van der Waals surface area contributed by atoms with E-state index < -0.39 is 12.8 Å². The van der Waals surface area contributed by atoms with Gasteiger partial charge >= 0.3 is 6.18 Å². The number of hydrogen-bond donors (Lipinski definition) is 1. The summed E-state index contributed by atoms with van der Waals surface area (Å²) >= 11 is 0. The summed E-state index contributed by atoms with van der Waals surface area (Å²) in [6, 6.07) is 8.78. The number of amides is 1. The van der Waals surface area contributed by atoms with Crippen molar-refractivity contribution in [3.63, 3.8) is 0 Å². The molecule has 1 fully saturated rings. The number of rotatable bonds is 6. The lowest BCUT2D eigenvalue weighted by Crippen LogP contribution is -2.28. The molecule has 0 radical (unpaired) electrons. The summed E-state index contributed by atoms with van der Waals surface area (Å²) in [6.45, 7) is 0.420. The van der Waals surface area contributed by atoms with Gasteiger partial charge in [0, 0.05) is 30.6 Å². The monoisotopic (exact) mass is 418 g/mol. The SMILES string of the molecule is CC(NC(=O)[C@@H]1C[C@H]1c1ccc2cnn(C)c2c1)c1ccc(OCC(F)(F)F)nc1. The van der Waals surface area contributed by atoms with E-state index in [4.69, 9.17) is 0 Å². The van der Waals surface area contributed by atoms with Crippen molar-refractivity contribution < 1.29 is 22.7 Å². The molecule has 1 aliphatic carbocycles. The van der Waals surface area contributed by atoms with E-state index in [-0.39, 0.29) is 29.7 Å². The molecule has 30 heavy (non-hydrogen) atoms. The van der Waals surface area contributed by atoms with E-state index in [2.05, 4.69) is 26.2 Å². The van der Waals surface area contributed by atoms with E-state index in [1.807, 2.05) is 37.0 Å². The molecule has 0 bridgehead atoms. The van der Waals surface area contributed by atoms with Crippen molar-refractivity contribution in [3.05, 3.63) is 53.9 Å².